The standard InChI is InChI=1S/C13H13N3/c1-13(2,3)12-9-6-4-5-7-10(9)15-11(8-14)16-12/h4-7H,1-3H3. The molecule has 0 aliphatic heterocycles. The second kappa shape index (κ2) is 3.57. The molecule has 0 spiro atoms. The van der Waals surface area contributed by atoms with Crippen molar-refractivity contribution in [2.75, 3.05) is 0 Å². The molecule has 2 rings (SSSR count). The van der Waals surface area contributed by atoms with Crippen molar-refractivity contribution in [1.29, 1.82) is 5.26 Å². The Labute approximate surface area is 94.8 Å². The zero-order valence-electron chi connectivity index (χ0n) is 9.65. The molecule has 0 atom stereocenters. The summed E-state index contributed by atoms with van der Waals surface area (Å²) >= 11 is 0. The number of hydrogen-bond donors (Lipinski definition) is 0. The number of nitrogens with zero attached hydrogens (tertiary/aromatic N) is 3. The highest BCUT2D eigenvalue weighted by atomic mass is 14.9. The SMILES string of the molecule is CC(C)(C)c1nc(C#N)nc2ccccc12. The number of benzene rings is 1. The normalized spacial score (nSPS) is 11.4. The molecule has 1 aromatic carbocycles. The van der Waals surface area contributed by atoms with Gasteiger partial charge in [-0.2, -0.15) is 5.26 Å². The van der Waals surface area contributed by atoms with Crippen molar-refractivity contribution in [2.24, 2.45) is 0 Å². The van der Waals surface area contributed by atoms with Crippen LogP contribution in [-0.4, -0.2) is 9.97 Å². The van der Waals surface area contributed by atoms with Gasteiger partial charge >= 0.3 is 0 Å². The molecular formula is C13H13N3. The van der Waals surface area contributed by atoms with Crippen LogP contribution in [0, 0.1) is 11.3 Å². The van der Waals surface area contributed by atoms with E-state index in [1.54, 1.807) is 0 Å². The van der Waals surface area contributed by atoms with Crippen molar-refractivity contribution in [3.05, 3.63) is 35.8 Å². The number of nitriles is 1. The second-order valence-corrected chi connectivity index (χ2v) is 4.77. The van der Waals surface area contributed by atoms with Gasteiger partial charge in [-0.05, 0) is 6.07 Å². The van der Waals surface area contributed by atoms with Gasteiger partial charge in [-0.25, -0.2) is 9.97 Å². The van der Waals surface area contributed by atoms with Crippen LogP contribution in [0.25, 0.3) is 10.9 Å². The summed E-state index contributed by atoms with van der Waals surface area (Å²) in [5.41, 5.74) is 1.67. The van der Waals surface area contributed by atoms with Crippen molar-refractivity contribution < 1.29 is 0 Å². The molecule has 0 amide bonds. The van der Waals surface area contributed by atoms with Crippen LogP contribution in [0.1, 0.15) is 32.3 Å². The second-order valence-electron chi connectivity index (χ2n) is 4.77. The Hall–Kier alpha value is -1.95. The first-order valence-corrected chi connectivity index (χ1v) is 5.20. The van der Waals surface area contributed by atoms with Gasteiger partial charge in [0.25, 0.3) is 0 Å². The zero-order valence-corrected chi connectivity index (χ0v) is 9.65. The molecule has 0 radical (unpaired) electrons. The van der Waals surface area contributed by atoms with Gasteiger partial charge in [0.1, 0.15) is 6.07 Å². The maximum atomic E-state index is 8.91. The number of para-hydroxylation sites is 1. The van der Waals surface area contributed by atoms with Gasteiger partial charge in [0.2, 0.25) is 5.82 Å². The smallest absolute Gasteiger partial charge is 0.223 e. The Kier molecular flexibility index (Phi) is 2.35. The number of fused-ring (bicyclic) bond motifs is 1. The summed E-state index contributed by atoms with van der Waals surface area (Å²) in [6, 6.07) is 9.80. The maximum Gasteiger partial charge on any atom is 0.233 e. The molecule has 2 aromatic rings. The molecule has 0 aliphatic rings. The van der Waals surface area contributed by atoms with E-state index >= 15 is 0 Å². The van der Waals surface area contributed by atoms with Crippen molar-refractivity contribution in [2.45, 2.75) is 26.2 Å². The Morgan fingerprint density at radius 3 is 2.44 bits per heavy atom. The quantitative estimate of drug-likeness (QED) is 0.673. The van der Waals surface area contributed by atoms with Crippen molar-refractivity contribution in [1.82, 2.24) is 9.97 Å². The third-order valence-corrected chi connectivity index (χ3v) is 2.41. The summed E-state index contributed by atoms with van der Waals surface area (Å²) in [6.07, 6.45) is 0. The highest BCUT2D eigenvalue weighted by molar-refractivity contribution is 5.82. The number of rotatable bonds is 0. The lowest BCUT2D eigenvalue weighted by Gasteiger charge is -2.19. The predicted octanol–water partition coefficient (Wildman–Crippen LogP) is 2.80. The molecule has 1 heterocycles. The van der Waals surface area contributed by atoms with Crippen LogP contribution in [-0.2, 0) is 5.41 Å². The van der Waals surface area contributed by atoms with Gasteiger partial charge in [0.05, 0.1) is 11.2 Å². The Bertz CT molecular complexity index is 574. The summed E-state index contributed by atoms with van der Waals surface area (Å²) in [4.78, 5) is 8.51. The molecule has 0 saturated heterocycles. The molecule has 0 unspecified atom stereocenters. The van der Waals surface area contributed by atoms with Crippen LogP contribution >= 0.6 is 0 Å². The Morgan fingerprint density at radius 1 is 1.12 bits per heavy atom. The highest BCUT2D eigenvalue weighted by Gasteiger charge is 2.20. The van der Waals surface area contributed by atoms with Gasteiger partial charge in [0.15, 0.2) is 0 Å². The van der Waals surface area contributed by atoms with E-state index in [0.29, 0.717) is 0 Å². The first-order valence-electron chi connectivity index (χ1n) is 5.20. The molecule has 1 aromatic heterocycles. The lowest BCUT2D eigenvalue weighted by molar-refractivity contribution is 0.573. The Balaban J connectivity index is 2.86. The first-order chi connectivity index (χ1) is 7.52. The van der Waals surface area contributed by atoms with E-state index in [-0.39, 0.29) is 11.2 Å². The molecule has 0 aliphatic carbocycles. The van der Waals surface area contributed by atoms with E-state index in [2.05, 4.69) is 30.7 Å². The largest absolute Gasteiger partial charge is 0.233 e. The van der Waals surface area contributed by atoms with E-state index in [1.165, 1.54) is 0 Å². The molecule has 0 bridgehead atoms. The molecule has 80 valence electrons. The van der Waals surface area contributed by atoms with Crippen molar-refractivity contribution in [3.8, 4) is 6.07 Å². The molecule has 3 heteroatoms. The van der Waals surface area contributed by atoms with Gasteiger partial charge in [0, 0.05) is 10.8 Å². The van der Waals surface area contributed by atoms with E-state index in [0.717, 1.165) is 16.6 Å². The van der Waals surface area contributed by atoms with Crippen LogP contribution in [0.3, 0.4) is 0 Å². The van der Waals surface area contributed by atoms with E-state index in [4.69, 9.17) is 5.26 Å². The number of hydrogen-bond acceptors (Lipinski definition) is 3. The lowest BCUT2D eigenvalue weighted by atomic mass is 9.89. The zero-order chi connectivity index (χ0) is 11.8. The number of aromatic nitrogens is 2. The molecule has 3 nitrogen and oxygen atoms in total. The fourth-order valence-electron chi connectivity index (χ4n) is 1.70. The van der Waals surface area contributed by atoms with Crippen LogP contribution < -0.4 is 0 Å². The topological polar surface area (TPSA) is 49.6 Å². The van der Waals surface area contributed by atoms with E-state index in [9.17, 15) is 0 Å². The van der Waals surface area contributed by atoms with Crippen LogP contribution in [0.2, 0.25) is 0 Å². The van der Waals surface area contributed by atoms with Crippen molar-refractivity contribution in [3.63, 3.8) is 0 Å². The van der Waals surface area contributed by atoms with Gasteiger partial charge < -0.3 is 0 Å². The minimum absolute atomic E-state index is 0.0891. The van der Waals surface area contributed by atoms with Gasteiger partial charge in [-0.1, -0.05) is 39.0 Å². The van der Waals surface area contributed by atoms with Crippen LogP contribution in [0.15, 0.2) is 24.3 Å². The maximum absolute atomic E-state index is 8.91. The summed E-state index contributed by atoms with van der Waals surface area (Å²) in [5.74, 6) is 0.239. The van der Waals surface area contributed by atoms with E-state index < -0.39 is 0 Å². The van der Waals surface area contributed by atoms with Crippen molar-refractivity contribution >= 4 is 10.9 Å². The first kappa shape index (κ1) is 10.6. The summed E-state index contributed by atoms with van der Waals surface area (Å²) in [7, 11) is 0. The van der Waals surface area contributed by atoms with Gasteiger partial charge in [-0.15, -0.1) is 0 Å². The minimum atomic E-state index is -0.0891. The van der Waals surface area contributed by atoms with E-state index in [1.807, 2.05) is 30.3 Å². The molecule has 16 heavy (non-hydrogen) atoms. The lowest BCUT2D eigenvalue weighted by Crippen LogP contribution is -2.15. The third-order valence-electron chi connectivity index (χ3n) is 2.41. The average molecular weight is 211 g/mol. The van der Waals surface area contributed by atoms with Gasteiger partial charge in [-0.3, -0.25) is 0 Å². The fourth-order valence-corrected chi connectivity index (χ4v) is 1.70. The molecule has 0 fully saturated rings. The van der Waals surface area contributed by atoms with Crippen LogP contribution in [0.5, 0.6) is 0 Å². The summed E-state index contributed by atoms with van der Waals surface area (Å²) < 4.78 is 0. The van der Waals surface area contributed by atoms with Crippen LogP contribution in [0.4, 0.5) is 0 Å². The molecular weight excluding hydrogens is 198 g/mol. The molecule has 0 N–H and O–H groups in total. The summed E-state index contributed by atoms with van der Waals surface area (Å²) in [6.45, 7) is 6.26. The highest BCUT2D eigenvalue weighted by Crippen LogP contribution is 2.27. The predicted molar refractivity (Wildman–Crippen MR) is 63.0 cm³/mol. The summed E-state index contributed by atoms with van der Waals surface area (Å²) in [5, 5.41) is 9.93. The third kappa shape index (κ3) is 1.74. The average Bonchev–Trinajstić information content (AvgIpc) is 2.26. The Morgan fingerprint density at radius 2 is 1.81 bits per heavy atom. The molecule has 0 saturated carbocycles. The monoisotopic (exact) mass is 211 g/mol. The fraction of sp³-hybridized carbons (Fsp3) is 0.308. The minimum Gasteiger partial charge on any atom is -0.223 e.